The Kier molecular flexibility index (Phi) is 9.49. The van der Waals surface area contributed by atoms with Gasteiger partial charge in [-0.3, -0.25) is 4.90 Å². The van der Waals surface area contributed by atoms with Crippen LogP contribution in [0.2, 0.25) is 5.02 Å². The Balaban J connectivity index is 0.779. The number of hydrogen-bond acceptors (Lipinski definition) is 8. The number of pyridine rings is 1. The fourth-order valence-electron chi connectivity index (χ4n) is 9.39. The van der Waals surface area contributed by atoms with E-state index in [9.17, 15) is 0 Å². The minimum Gasteiger partial charge on any atom is -0.497 e. The Morgan fingerprint density at radius 1 is 0.796 bits per heavy atom. The molecule has 0 spiro atoms. The van der Waals surface area contributed by atoms with Crippen molar-refractivity contribution in [3.8, 4) is 5.75 Å². The first-order valence-corrected chi connectivity index (χ1v) is 19.8. The number of nitrogens with zero attached hydrogens (tertiary/aromatic N) is 5. The molecule has 2 fully saturated rings. The molecule has 278 valence electrons. The van der Waals surface area contributed by atoms with Crippen molar-refractivity contribution < 1.29 is 9.47 Å². The Bertz CT molecular complexity index is 2200. The van der Waals surface area contributed by atoms with Crippen molar-refractivity contribution in [1.29, 1.82) is 0 Å². The van der Waals surface area contributed by atoms with Crippen molar-refractivity contribution >= 4 is 39.1 Å². The third kappa shape index (κ3) is 6.60. The van der Waals surface area contributed by atoms with Crippen LogP contribution in [0.4, 0.5) is 5.69 Å². The van der Waals surface area contributed by atoms with Crippen molar-refractivity contribution in [1.82, 2.24) is 24.6 Å². The molecule has 54 heavy (non-hydrogen) atoms. The number of hydrogen-bond donors (Lipinski definition) is 1. The van der Waals surface area contributed by atoms with Gasteiger partial charge in [-0.05, 0) is 121 Å². The highest BCUT2D eigenvalue weighted by atomic mass is 35.5. The van der Waals surface area contributed by atoms with Crippen LogP contribution in [0.1, 0.15) is 25.7 Å². The molecule has 2 aromatic carbocycles. The van der Waals surface area contributed by atoms with E-state index in [0.717, 1.165) is 83.6 Å². The number of anilines is 1. The van der Waals surface area contributed by atoms with Gasteiger partial charge in [0.15, 0.2) is 0 Å². The molecule has 0 radical (unpaired) electrons. The fraction of sp³-hybridized carbons (Fsp3) is 0.356. The van der Waals surface area contributed by atoms with Gasteiger partial charge < -0.3 is 29.5 Å². The van der Waals surface area contributed by atoms with E-state index in [2.05, 4.69) is 99.4 Å². The van der Waals surface area contributed by atoms with Crippen molar-refractivity contribution in [2.24, 2.45) is 11.8 Å². The Morgan fingerprint density at radius 3 is 2.31 bits per heavy atom. The molecule has 0 saturated carbocycles. The number of methoxy groups -OCH3 is 2. The largest absolute Gasteiger partial charge is 0.497 e. The topological polar surface area (TPSA) is 56.3 Å². The molecule has 3 aromatic rings. The first-order valence-electron chi connectivity index (χ1n) is 19.4. The maximum absolute atomic E-state index is 6.33. The third-order valence-corrected chi connectivity index (χ3v) is 12.7. The van der Waals surface area contributed by atoms with Gasteiger partial charge >= 0.3 is 0 Å². The van der Waals surface area contributed by atoms with Crippen LogP contribution in [0.25, 0.3) is 21.8 Å². The first kappa shape index (κ1) is 34.8. The normalized spacial score (nSPS) is 23.6. The van der Waals surface area contributed by atoms with Crippen LogP contribution in [0.3, 0.4) is 0 Å². The maximum Gasteiger partial charge on any atom is 0.119 e. The van der Waals surface area contributed by atoms with Gasteiger partial charge in [0.1, 0.15) is 11.5 Å². The second-order valence-electron chi connectivity index (χ2n) is 15.4. The summed E-state index contributed by atoms with van der Waals surface area (Å²) in [7, 11) is 5.68. The van der Waals surface area contributed by atoms with Crippen LogP contribution < -0.4 is 10.1 Å². The number of nitrogens with one attached hydrogen (secondary N) is 1. The van der Waals surface area contributed by atoms with Crippen molar-refractivity contribution in [2.75, 3.05) is 59.3 Å². The highest BCUT2D eigenvalue weighted by molar-refractivity contribution is 6.31. The SMILES string of the molecule is COC1=CC2=C3C4=C(C=CC3N(C)C2C=C1)C=CN(/C=C/N1CCC(C2CCN(/C=C/Nc3c5ccc(Cl)cc5nc5ccc(OC)cc35)CC2)CC1)C4. The van der Waals surface area contributed by atoms with Gasteiger partial charge in [-0.2, -0.15) is 0 Å². The number of likely N-dealkylation sites (N-methyl/N-ethyl adjacent to an activating group) is 1. The average molecular weight is 741 g/mol. The lowest BCUT2D eigenvalue weighted by Gasteiger charge is -2.40. The third-order valence-electron chi connectivity index (χ3n) is 12.4. The summed E-state index contributed by atoms with van der Waals surface area (Å²) >= 11 is 6.33. The fourth-order valence-corrected chi connectivity index (χ4v) is 9.56. The molecule has 1 aromatic heterocycles. The number of allylic oxidation sites excluding steroid dienone is 4. The molecule has 1 N–H and O–H groups in total. The standard InChI is InChI=1S/C45H49ClN6O2/c1-49-42-11-7-35(54-3)28-38(42)44-39-29-52(22-16-32(39)4-10-43(44)49)25-24-51-20-14-31(15-21-51)30-12-18-50(19-13-30)23-17-47-45-36-8-5-33(46)26-41(36)48-40-9-6-34(53-2)27-37(40)45/h4-11,16-17,22-28,30-31,42-43H,12-15,18-21,29H2,1-3H3,(H,47,48)/b23-17+,25-24+. The number of rotatable bonds is 8. The number of benzene rings is 2. The molecular formula is C45H49ClN6O2. The molecule has 9 rings (SSSR count). The predicted octanol–water partition coefficient (Wildman–Crippen LogP) is 8.60. The molecule has 4 aliphatic heterocycles. The van der Waals surface area contributed by atoms with Gasteiger partial charge in [0.05, 0.1) is 43.0 Å². The number of ether oxygens (including phenoxy) is 2. The Morgan fingerprint density at radius 2 is 1.56 bits per heavy atom. The molecule has 0 bridgehead atoms. The summed E-state index contributed by atoms with van der Waals surface area (Å²) in [6, 6.07) is 12.5. The van der Waals surface area contributed by atoms with E-state index in [0.29, 0.717) is 17.1 Å². The minimum absolute atomic E-state index is 0.295. The van der Waals surface area contributed by atoms with Crippen molar-refractivity contribution in [3.63, 3.8) is 0 Å². The number of aromatic nitrogens is 1. The number of halogens is 1. The van der Waals surface area contributed by atoms with Crippen LogP contribution in [-0.4, -0.2) is 90.7 Å². The summed E-state index contributed by atoms with van der Waals surface area (Å²) in [6.45, 7) is 5.33. The summed E-state index contributed by atoms with van der Waals surface area (Å²) in [5.41, 5.74) is 8.38. The van der Waals surface area contributed by atoms with Crippen LogP contribution in [0.15, 0.2) is 132 Å². The molecule has 8 nitrogen and oxygen atoms in total. The van der Waals surface area contributed by atoms with Crippen LogP contribution in [-0.2, 0) is 4.74 Å². The van der Waals surface area contributed by atoms with E-state index >= 15 is 0 Å². The van der Waals surface area contributed by atoms with E-state index in [4.69, 9.17) is 26.1 Å². The summed E-state index contributed by atoms with van der Waals surface area (Å²) in [4.78, 5) is 14.7. The summed E-state index contributed by atoms with van der Waals surface area (Å²) < 4.78 is 11.2. The summed E-state index contributed by atoms with van der Waals surface area (Å²) in [6.07, 6.45) is 29.7. The molecule has 5 heterocycles. The zero-order chi connectivity index (χ0) is 36.8. The number of likely N-dealkylation sites (tertiary alicyclic amines) is 2. The lowest BCUT2D eigenvalue weighted by molar-refractivity contribution is 0.131. The van der Waals surface area contributed by atoms with E-state index in [1.165, 1.54) is 48.0 Å². The average Bonchev–Trinajstić information content (AvgIpc) is 3.50. The monoisotopic (exact) mass is 740 g/mol. The lowest BCUT2D eigenvalue weighted by atomic mass is 9.79. The van der Waals surface area contributed by atoms with Gasteiger partial charge in [-0.1, -0.05) is 29.8 Å². The van der Waals surface area contributed by atoms with Gasteiger partial charge in [0.2, 0.25) is 0 Å². The highest BCUT2D eigenvalue weighted by Gasteiger charge is 2.40. The summed E-state index contributed by atoms with van der Waals surface area (Å²) in [5, 5.41) is 6.35. The van der Waals surface area contributed by atoms with Gasteiger partial charge in [0, 0.05) is 79.5 Å². The van der Waals surface area contributed by atoms with E-state index in [1.807, 2.05) is 36.4 Å². The maximum atomic E-state index is 6.33. The van der Waals surface area contributed by atoms with Crippen LogP contribution in [0.5, 0.6) is 5.75 Å². The van der Waals surface area contributed by atoms with Gasteiger partial charge in [-0.15, -0.1) is 0 Å². The summed E-state index contributed by atoms with van der Waals surface area (Å²) in [5.74, 6) is 3.34. The second-order valence-corrected chi connectivity index (χ2v) is 15.8. The molecule has 2 aliphatic carbocycles. The quantitative estimate of drug-likeness (QED) is 0.231. The Labute approximate surface area is 323 Å². The minimum atomic E-state index is 0.295. The molecule has 9 heteroatoms. The molecule has 6 aliphatic rings. The van der Waals surface area contributed by atoms with Crippen molar-refractivity contribution in [3.05, 3.63) is 137 Å². The molecular weight excluding hydrogens is 692 g/mol. The van der Waals surface area contributed by atoms with Gasteiger partial charge in [0.25, 0.3) is 0 Å². The van der Waals surface area contributed by atoms with E-state index < -0.39 is 0 Å². The molecule has 0 amide bonds. The second kappa shape index (κ2) is 14.7. The molecule has 2 saturated heterocycles. The van der Waals surface area contributed by atoms with Gasteiger partial charge in [-0.25, -0.2) is 4.98 Å². The lowest BCUT2D eigenvalue weighted by Crippen LogP contribution is -2.38. The smallest absolute Gasteiger partial charge is 0.119 e. The Hall–Kier alpha value is -4.92. The number of fused-ring (bicyclic) bond motifs is 5. The van der Waals surface area contributed by atoms with Crippen LogP contribution >= 0.6 is 11.6 Å². The zero-order valence-electron chi connectivity index (χ0n) is 31.4. The predicted molar refractivity (Wildman–Crippen MR) is 220 cm³/mol. The highest BCUT2D eigenvalue weighted by Crippen LogP contribution is 2.43. The molecule has 2 unspecified atom stereocenters. The molecule has 2 atom stereocenters. The number of piperidine rings is 2. The zero-order valence-corrected chi connectivity index (χ0v) is 32.2. The van der Waals surface area contributed by atoms with Crippen molar-refractivity contribution in [2.45, 2.75) is 37.8 Å². The van der Waals surface area contributed by atoms with E-state index in [1.54, 1.807) is 14.2 Å². The first-order chi connectivity index (χ1) is 26.4. The van der Waals surface area contributed by atoms with E-state index in [-0.39, 0.29) is 0 Å². The van der Waals surface area contributed by atoms with Crippen LogP contribution in [0, 0.1) is 11.8 Å².